The summed E-state index contributed by atoms with van der Waals surface area (Å²) in [6.07, 6.45) is 2.02. The second-order valence-electron chi connectivity index (χ2n) is 7.66. The number of anilines is 2. The number of benzene rings is 2. The zero-order valence-electron chi connectivity index (χ0n) is 19.1. The van der Waals surface area contributed by atoms with Crippen LogP contribution in [0.4, 0.5) is 20.3 Å². The summed E-state index contributed by atoms with van der Waals surface area (Å²) in [7, 11) is 7.05. The number of aliphatic hydroxyl groups is 3. The third kappa shape index (κ3) is 5.48. The van der Waals surface area contributed by atoms with Crippen LogP contribution >= 0.6 is 0 Å². The first-order valence-electron chi connectivity index (χ1n) is 10.4. The zero-order valence-corrected chi connectivity index (χ0v) is 19.1. The predicted molar refractivity (Wildman–Crippen MR) is 131 cm³/mol. The molecule has 0 spiro atoms. The first-order valence-corrected chi connectivity index (χ1v) is 10.4. The van der Waals surface area contributed by atoms with E-state index in [0.717, 1.165) is 0 Å². The lowest BCUT2D eigenvalue weighted by Gasteiger charge is -2.16. The molecule has 0 bridgehead atoms. The van der Waals surface area contributed by atoms with Gasteiger partial charge in [0.2, 0.25) is 0 Å². The van der Waals surface area contributed by atoms with E-state index in [-0.39, 0.29) is 34.2 Å². The van der Waals surface area contributed by atoms with Crippen LogP contribution < -0.4 is 11.1 Å². The summed E-state index contributed by atoms with van der Waals surface area (Å²) < 4.78 is 28.4. The van der Waals surface area contributed by atoms with E-state index in [2.05, 4.69) is 21.9 Å². The smallest absolute Gasteiger partial charge is 0.171 e. The Morgan fingerprint density at radius 2 is 1.94 bits per heavy atom. The molecular formula is C24H24BF2N5O3. The van der Waals surface area contributed by atoms with Crippen molar-refractivity contribution in [2.45, 2.75) is 18.7 Å². The van der Waals surface area contributed by atoms with Gasteiger partial charge in [-0.25, -0.2) is 18.7 Å². The lowest BCUT2D eigenvalue weighted by atomic mass is 9.94. The molecule has 0 aliphatic rings. The molecule has 4 aromatic rings. The maximum Gasteiger partial charge on any atom is 0.171 e. The van der Waals surface area contributed by atoms with Crippen molar-refractivity contribution in [1.29, 1.82) is 0 Å². The van der Waals surface area contributed by atoms with Crippen molar-refractivity contribution in [2.75, 3.05) is 18.1 Å². The van der Waals surface area contributed by atoms with Gasteiger partial charge in [0.05, 0.1) is 6.10 Å². The molecular weight excluding hydrogens is 455 g/mol. The fourth-order valence-electron chi connectivity index (χ4n) is 3.41. The van der Waals surface area contributed by atoms with E-state index in [1.165, 1.54) is 40.9 Å². The minimum absolute atomic E-state index is 0.0655. The molecule has 2 heterocycles. The average molecular weight is 479 g/mol. The molecule has 2 radical (unpaired) electrons. The van der Waals surface area contributed by atoms with Gasteiger partial charge in [-0.05, 0) is 42.8 Å². The Morgan fingerprint density at radius 3 is 2.51 bits per heavy atom. The van der Waals surface area contributed by atoms with Crippen molar-refractivity contribution in [3.8, 4) is 11.3 Å². The highest BCUT2D eigenvalue weighted by molar-refractivity contribution is 6.13. The standard InChI is InChI=1S/C15H15BFN5O2.C9H9FO/c1-7-6-20-13(18)12-11(21-14(22(7)12)15(16,23)24)9-4-3-8(19-2)5-10(9)17;1-2-9(11)7-4-3-5-8(10)6-7/h3-6,19,23-24H,1-2H3,(H2,18,20);2-6,9,11H,1H2. The molecule has 1 atom stereocenters. The van der Waals surface area contributed by atoms with Gasteiger partial charge in [0, 0.05) is 30.2 Å². The minimum Gasteiger partial charge on any atom is -0.388 e. The Hall–Kier alpha value is -3.80. The number of aryl methyl sites for hydroxylation is 1. The summed E-state index contributed by atoms with van der Waals surface area (Å²) in [6, 6.07) is 10.3. The molecule has 6 N–H and O–H groups in total. The van der Waals surface area contributed by atoms with E-state index < -0.39 is 17.6 Å². The van der Waals surface area contributed by atoms with Gasteiger partial charge in [0.1, 0.15) is 28.7 Å². The average Bonchev–Trinajstić information content (AvgIpc) is 3.23. The Bertz CT molecular complexity index is 1370. The summed E-state index contributed by atoms with van der Waals surface area (Å²) in [5.41, 5.74) is 5.33. The van der Waals surface area contributed by atoms with E-state index in [1.54, 1.807) is 32.2 Å². The Kier molecular flexibility index (Phi) is 7.54. The van der Waals surface area contributed by atoms with E-state index in [0.29, 0.717) is 16.9 Å². The van der Waals surface area contributed by atoms with Gasteiger partial charge in [-0.3, -0.25) is 4.40 Å². The van der Waals surface area contributed by atoms with Crippen LogP contribution in [0.5, 0.6) is 0 Å². The van der Waals surface area contributed by atoms with E-state index in [4.69, 9.17) is 18.7 Å². The monoisotopic (exact) mass is 479 g/mol. The second kappa shape index (κ2) is 10.2. The third-order valence-electron chi connectivity index (χ3n) is 5.12. The van der Waals surface area contributed by atoms with Crippen LogP contribution in [0.2, 0.25) is 0 Å². The summed E-state index contributed by atoms with van der Waals surface area (Å²) in [6.45, 7) is 5.06. The normalized spacial score (nSPS) is 12.1. The molecule has 2 aromatic carbocycles. The molecule has 0 saturated carbocycles. The molecule has 4 rings (SSSR count). The maximum absolute atomic E-state index is 14.5. The fraction of sp³-hybridized carbons (Fsp3) is 0.167. The zero-order chi connectivity index (χ0) is 25.9. The highest BCUT2D eigenvalue weighted by Gasteiger charge is 2.29. The van der Waals surface area contributed by atoms with Crippen molar-refractivity contribution in [3.05, 3.63) is 90.0 Å². The van der Waals surface area contributed by atoms with Gasteiger partial charge in [0.15, 0.2) is 19.4 Å². The molecule has 35 heavy (non-hydrogen) atoms. The molecule has 0 aliphatic carbocycles. The fourth-order valence-corrected chi connectivity index (χ4v) is 3.41. The number of fused-ring (bicyclic) bond motifs is 1. The van der Waals surface area contributed by atoms with Crippen LogP contribution in [-0.4, -0.2) is 44.6 Å². The molecule has 2 aromatic heterocycles. The summed E-state index contributed by atoms with van der Waals surface area (Å²) in [5.74, 6) is -1.11. The molecule has 0 aliphatic heterocycles. The number of aliphatic hydroxyl groups excluding tert-OH is 1. The molecule has 0 saturated heterocycles. The molecule has 1 unspecified atom stereocenters. The van der Waals surface area contributed by atoms with Gasteiger partial charge in [-0.15, -0.1) is 6.58 Å². The second-order valence-corrected chi connectivity index (χ2v) is 7.66. The van der Waals surface area contributed by atoms with Crippen LogP contribution in [0.15, 0.2) is 61.3 Å². The van der Waals surface area contributed by atoms with Gasteiger partial charge >= 0.3 is 0 Å². The number of nitrogen functional groups attached to an aromatic ring is 1. The molecule has 0 amide bonds. The number of nitrogens with one attached hydrogen (secondary N) is 1. The molecule has 180 valence electrons. The summed E-state index contributed by atoms with van der Waals surface area (Å²) >= 11 is 0. The SMILES string of the molecule is C=CC(O)c1cccc(F)c1.[B]C(O)(O)c1nc(-c2ccc(NC)cc2F)c2c(N)ncc(C)n12. The van der Waals surface area contributed by atoms with Crippen molar-refractivity contribution < 1.29 is 24.1 Å². The summed E-state index contributed by atoms with van der Waals surface area (Å²) in [4.78, 5) is 8.16. The number of nitrogens with zero attached hydrogens (tertiary/aromatic N) is 3. The number of rotatable bonds is 5. The van der Waals surface area contributed by atoms with E-state index in [1.807, 2.05) is 0 Å². The lowest BCUT2D eigenvalue weighted by molar-refractivity contribution is -0.0982. The van der Waals surface area contributed by atoms with Crippen molar-refractivity contribution in [2.24, 2.45) is 0 Å². The first kappa shape index (κ1) is 25.8. The van der Waals surface area contributed by atoms with E-state index in [9.17, 15) is 19.0 Å². The van der Waals surface area contributed by atoms with E-state index >= 15 is 0 Å². The third-order valence-corrected chi connectivity index (χ3v) is 5.12. The molecule has 0 fully saturated rings. The maximum atomic E-state index is 14.5. The van der Waals surface area contributed by atoms with Crippen LogP contribution in [0.25, 0.3) is 16.8 Å². The Morgan fingerprint density at radius 1 is 1.23 bits per heavy atom. The van der Waals surface area contributed by atoms with Gasteiger partial charge in [-0.1, -0.05) is 18.2 Å². The van der Waals surface area contributed by atoms with Crippen molar-refractivity contribution in [3.63, 3.8) is 0 Å². The summed E-state index contributed by atoms with van der Waals surface area (Å²) in [5, 5.41) is 31.6. The predicted octanol–water partition coefficient (Wildman–Crippen LogP) is 2.78. The highest BCUT2D eigenvalue weighted by atomic mass is 19.1. The van der Waals surface area contributed by atoms with Crippen molar-refractivity contribution in [1.82, 2.24) is 14.4 Å². The number of imidazole rings is 1. The lowest BCUT2D eigenvalue weighted by Crippen LogP contribution is -2.28. The highest BCUT2D eigenvalue weighted by Crippen LogP contribution is 2.33. The number of nitrogens with two attached hydrogens (primary N) is 1. The Balaban J connectivity index is 0.000000261. The van der Waals surface area contributed by atoms with Gasteiger partial charge in [0.25, 0.3) is 0 Å². The van der Waals surface area contributed by atoms with Gasteiger partial charge < -0.3 is 26.4 Å². The Labute approximate surface area is 201 Å². The minimum atomic E-state index is -2.72. The number of hydrogen-bond acceptors (Lipinski definition) is 7. The number of aromatic nitrogens is 3. The van der Waals surface area contributed by atoms with Crippen LogP contribution in [0.1, 0.15) is 23.2 Å². The van der Waals surface area contributed by atoms with Crippen molar-refractivity contribution >= 4 is 24.9 Å². The number of hydrogen-bond donors (Lipinski definition) is 5. The van der Waals surface area contributed by atoms with Crippen LogP contribution in [-0.2, 0) is 5.69 Å². The first-order chi connectivity index (χ1) is 16.5. The van der Waals surface area contributed by atoms with Crippen LogP contribution in [0.3, 0.4) is 0 Å². The molecule has 8 nitrogen and oxygen atoms in total. The molecule has 11 heteroatoms. The van der Waals surface area contributed by atoms with Crippen LogP contribution in [0, 0.1) is 18.6 Å². The quantitative estimate of drug-likeness (QED) is 0.169. The largest absolute Gasteiger partial charge is 0.388 e. The van der Waals surface area contributed by atoms with Gasteiger partial charge in [-0.2, -0.15) is 0 Å². The topological polar surface area (TPSA) is 129 Å². The number of halogens is 2.